The molecule has 0 aromatic heterocycles. The molecule has 0 saturated heterocycles. The first kappa shape index (κ1) is 17.4. The number of hydrogen-bond acceptors (Lipinski definition) is 2. The maximum Gasteiger partial charge on any atom is 0.255 e. The van der Waals surface area contributed by atoms with E-state index in [1.54, 1.807) is 12.1 Å². The molecule has 0 aliphatic carbocycles. The van der Waals surface area contributed by atoms with E-state index in [0.717, 1.165) is 17.2 Å². The van der Waals surface area contributed by atoms with Gasteiger partial charge in [0.2, 0.25) is 5.91 Å². The predicted octanol–water partition coefficient (Wildman–Crippen LogP) is 4.15. The number of amides is 2. The van der Waals surface area contributed by atoms with Crippen LogP contribution in [0.15, 0.2) is 66.7 Å². The summed E-state index contributed by atoms with van der Waals surface area (Å²) >= 11 is 0. The van der Waals surface area contributed by atoms with Crippen LogP contribution < -0.4 is 11.1 Å². The van der Waals surface area contributed by atoms with Crippen molar-refractivity contribution in [2.45, 2.75) is 6.92 Å². The first-order chi connectivity index (χ1) is 12.5. The van der Waals surface area contributed by atoms with E-state index >= 15 is 0 Å². The summed E-state index contributed by atoms with van der Waals surface area (Å²) in [6, 6.07) is 19.3. The number of rotatable bonds is 4. The second-order valence-electron chi connectivity index (χ2n) is 5.89. The molecule has 0 radical (unpaired) electrons. The van der Waals surface area contributed by atoms with Crippen molar-refractivity contribution in [1.82, 2.24) is 0 Å². The van der Waals surface area contributed by atoms with Gasteiger partial charge in [-0.1, -0.05) is 42.5 Å². The van der Waals surface area contributed by atoms with Crippen molar-refractivity contribution in [3.05, 3.63) is 89.2 Å². The molecule has 130 valence electrons. The van der Waals surface area contributed by atoms with Gasteiger partial charge in [-0.3, -0.25) is 9.59 Å². The van der Waals surface area contributed by atoms with Gasteiger partial charge < -0.3 is 11.1 Å². The van der Waals surface area contributed by atoms with E-state index in [-0.39, 0.29) is 16.8 Å². The third kappa shape index (κ3) is 3.62. The Bertz CT molecular complexity index is 967. The van der Waals surface area contributed by atoms with Crippen LogP contribution in [0.3, 0.4) is 0 Å². The fraction of sp³-hybridized carbons (Fsp3) is 0.0476. The van der Waals surface area contributed by atoms with Crippen LogP contribution in [0.4, 0.5) is 10.1 Å². The number of carbonyl (C=O) groups excluding carboxylic acids is 2. The molecule has 3 rings (SSSR count). The SMILES string of the molecule is Cc1c(F)cc(C(N)=O)cc1NC(=O)c1ccc(-c2ccccc2)cc1. The maximum atomic E-state index is 13.9. The molecule has 0 bridgehead atoms. The van der Waals surface area contributed by atoms with Crippen LogP contribution in [0.25, 0.3) is 11.1 Å². The number of carbonyl (C=O) groups is 2. The quantitative estimate of drug-likeness (QED) is 0.743. The molecule has 0 unspecified atom stereocenters. The Labute approximate surface area is 150 Å². The first-order valence-electron chi connectivity index (χ1n) is 8.02. The minimum atomic E-state index is -0.758. The number of anilines is 1. The topological polar surface area (TPSA) is 72.2 Å². The summed E-state index contributed by atoms with van der Waals surface area (Å²) in [7, 11) is 0. The molecular formula is C21H17FN2O2. The number of halogens is 1. The average molecular weight is 348 g/mol. The van der Waals surface area contributed by atoms with Crippen LogP contribution in [0.2, 0.25) is 0 Å². The van der Waals surface area contributed by atoms with Gasteiger partial charge in [0.1, 0.15) is 5.82 Å². The minimum absolute atomic E-state index is 0.00262. The highest BCUT2D eigenvalue weighted by Gasteiger charge is 2.14. The predicted molar refractivity (Wildman–Crippen MR) is 99.5 cm³/mol. The summed E-state index contributed by atoms with van der Waals surface area (Å²) in [4.78, 5) is 23.7. The van der Waals surface area contributed by atoms with Crippen LogP contribution in [-0.4, -0.2) is 11.8 Å². The lowest BCUT2D eigenvalue weighted by molar-refractivity contribution is 0.0995. The van der Waals surface area contributed by atoms with Crippen LogP contribution in [0.5, 0.6) is 0 Å². The molecule has 26 heavy (non-hydrogen) atoms. The van der Waals surface area contributed by atoms with Crippen LogP contribution in [0.1, 0.15) is 26.3 Å². The van der Waals surface area contributed by atoms with Crippen LogP contribution in [0, 0.1) is 12.7 Å². The lowest BCUT2D eigenvalue weighted by atomic mass is 10.0. The molecule has 5 heteroatoms. The molecule has 0 fully saturated rings. The molecule has 0 heterocycles. The molecule has 3 N–H and O–H groups in total. The second kappa shape index (κ2) is 7.19. The zero-order chi connectivity index (χ0) is 18.7. The highest BCUT2D eigenvalue weighted by atomic mass is 19.1. The van der Waals surface area contributed by atoms with Crippen LogP contribution >= 0.6 is 0 Å². The van der Waals surface area contributed by atoms with E-state index < -0.39 is 17.6 Å². The van der Waals surface area contributed by atoms with Gasteiger partial charge in [0.25, 0.3) is 5.91 Å². The molecule has 3 aromatic rings. The number of hydrogen-bond donors (Lipinski definition) is 2. The molecule has 0 spiro atoms. The molecule has 0 saturated carbocycles. The molecule has 4 nitrogen and oxygen atoms in total. The van der Waals surface area contributed by atoms with Gasteiger partial charge in [0.15, 0.2) is 0 Å². The Morgan fingerprint density at radius 1 is 0.885 bits per heavy atom. The highest BCUT2D eigenvalue weighted by Crippen LogP contribution is 2.23. The van der Waals surface area contributed by atoms with E-state index in [1.807, 2.05) is 42.5 Å². The van der Waals surface area contributed by atoms with Crippen molar-refractivity contribution in [2.24, 2.45) is 5.73 Å². The Hall–Kier alpha value is -3.47. The van der Waals surface area contributed by atoms with E-state index in [2.05, 4.69) is 5.32 Å². The summed E-state index contributed by atoms with van der Waals surface area (Å²) in [5.74, 6) is -1.75. The van der Waals surface area contributed by atoms with Crippen molar-refractivity contribution in [3.63, 3.8) is 0 Å². The number of primary amides is 1. The number of nitrogens with one attached hydrogen (secondary N) is 1. The summed E-state index contributed by atoms with van der Waals surface area (Å²) in [6.45, 7) is 1.52. The zero-order valence-corrected chi connectivity index (χ0v) is 14.1. The number of nitrogens with two attached hydrogens (primary N) is 1. The monoisotopic (exact) mass is 348 g/mol. The Balaban J connectivity index is 1.84. The molecule has 3 aromatic carbocycles. The molecular weight excluding hydrogens is 331 g/mol. The molecule has 0 aliphatic heterocycles. The van der Waals surface area contributed by atoms with E-state index in [1.165, 1.54) is 13.0 Å². The van der Waals surface area contributed by atoms with Crippen molar-refractivity contribution in [2.75, 3.05) is 5.32 Å². The van der Waals surface area contributed by atoms with Crippen molar-refractivity contribution in [3.8, 4) is 11.1 Å². The lowest BCUT2D eigenvalue weighted by Gasteiger charge is -2.11. The maximum absolute atomic E-state index is 13.9. The average Bonchev–Trinajstić information content (AvgIpc) is 2.66. The fourth-order valence-electron chi connectivity index (χ4n) is 2.59. The Kier molecular flexibility index (Phi) is 4.80. The highest BCUT2D eigenvalue weighted by molar-refractivity contribution is 6.05. The normalized spacial score (nSPS) is 10.4. The van der Waals surface area contributed by atoms with E-state index in [4.69, 9.17) is 5.73 Å². The Morgan fingerprint density at radius 2 is 1.50 bits per heavy atom. The third-order valence-electron chi connectivity index (χ3n) is 4.13. The standard InChI is InChI=1S/C21H17FN2O2/c1-13-18(22)11-17(20(23)25)12-19(13)24-21(26)16-9-7-15(8-10-16)14-5-3-2-4-6-14/h2-12H,1H3,(H2,23,25)(H,24,26). The molecule has 0 aliphatic rings. The smallest absolute Gasteiger partial charge is 0.255 e. The summed E-state index contributed by atoms with van der Waals surface area (Å²) in [6.07, 6.45) is 0. The summed E-state index contributed by atoms with van der Waals surface area (Å²) < 4.78 is 13.9. The largest absolute Gasteiger partial charge is 0.366 e. The van der Waals surface area contributed by atoms with Crippen molar-refractivity contribution < 1.29 is 14.0 Å². The summed E-state index contributed by atoms with van der Waals surface area (Å²) in [5, 5.41) is 2.64. The van der Waals surface area contributed by atoms with Gasteiger partial charge in [-0.15, -0.1) is 0 Å². The van der Waals surface area contributed by atoms with Gasteiger partial charge in [0, 0.05) is 22.4 Å². The van der Waals surface area contributed by atoms with Gasteiger partial charge in [-0.2, -0.15) is 0 Å². The second-order valence-corrected chi connectivity index (χ2v) is 5.89. The van der Waals surface area contributed by atoms with Crippen molar-refractivity contribution in [1.29, 1.82) is 0 Å². The zero-order valence-electron chi connectivity index (χ0n) is 14.1. The molecule has 2 amide bonds. The number of benzene rings is 3. The van der Waals surface area contributed by atoms with Gasteiger partial charge in [-0.05, 0) is 42.3 Å². The Morgan fingerprint density at radius 3 is 2.12 bits per heavy atom. The minimum Gasteiger partial charge on any atom is -0.366 e. The van der Waals surface area contributed by atoms with Crippen LogP contribution in [-0.2, 0) is 0 Å². The van der Waals surface area contributed by atoms with E-state index in [0.29, 0.717) is 5.56 Å². The molecule has 0 atom stereocenters. The van der Waals surface area contributed by atoms with E-state index in [9.17, 15) is 14.0 Å². The van der Waals surface area contributed by atoms with Gasteiger partial charge >= 0.3 is 0 Å². The lowest BCUT2D eigenvalue weighted by Crippen LogP contribution is -2.16. The fourth-order valence-corrected chi connectivity index (χ4v) is 2.59. The van der Waals surface area contributed by atoms with Crippen molar-refractivity contribution >= 4 is 17.5 Å². The van der Waals surface area contributed by atoms with Gasteiger partial charge in [0.05, 0.1) is 0 Å². The summed E-state index contributed by atoms with van der Waals surface area (Å²) in [5.41, 5.74) is 8.12. The van der Waals surface area contributed by atoms with Gasteiger partial charge in [-0.25, -0.2) is 4.39 Å². The first-order valence-corrected chi connectivity index (χ1v) is 8.02. The third-order valence-corrected chi connectivity index (χ3v) is 4.13.